The molecule has 2 heterocycles. The molecule has 8 nitrogen and oxygen atoms in total. The van der Waals surface area contributed by atoms with Crippen LogP contribution in [0.5, 0.6) is 11.5 Å². The van der Waals surface area contributed by atoms with Crippen molar-refractivity contribution in [1.82, 2.24) is 9.80 Å². The Bertz CT molecular complexity index is 985. The molecule has 0 saturated carbocycles. The van der Waals surface area contributed by atoms with Crippen LogP contribution in [0.3, 0.4) is 0 Å². The highest BCUT2D eigenvalue weighted by Gasteiger charge is 2.32. The van der Waals surface area contributed by atoms with Crippen molar-refractivity contribution in [1.29, 1.82) is 0 Å². The summed E-state index contributed by atoms with van der Waals surface area (Å²) in [4.78, 5) is 40.7. The number of hydrogen-bond acceptors (Lipinski definition) is 6. The fourth-order valence-electron chi connectivity index (χ4n) is 3.76. The molecule has 4 rings (SSSR count). The van der Waals surface area contributed by atoms with Crippen molar-refractivity contribution >= 4 is 23.3 Å². The topological polar surface area (TPSA) is 88.2 Å². The normalized spacial score (nSPS) is 18.4. The van der Waals surface area contributed by atoms with E-state index in [-0.39, 0.29) is 30.7 Å². The lowest BCUT2D eigenvalue weighted by molar-refractivity contribution is -0.143. The lowest BCUT2D eigenvalue weighted by Crippen LogP contribution is -2.54. The van der Waals surface area contributed by atoms with Gasteiger partial charge in [0.05, 0.1) is 12.2 Å². The van der Waals surface area contributed by atoms with Crippen LogP contribution in [0, 0.1) is 0 Å². The summed E-state index contributed by atoms with van der Waals surface area (Å²) >= 11 is 0. The first kappa shape index (κ1) is 20.9. The van der Waals surface area contributed by atoms with Gasteiger partial charge in [-0.15, -0.1) is 0 Å². The van der Waals surface area contributed by atoms with E-state index in [1.807, 2.05) is 23.1 Å². The van der Waals surface area contributed by atoms with Gasteiger partial charge in [-0.2, -0.15) is 0 Å². The summed E-state index contributed by atoms with van der Waals surface area (Å²) in [6.45, 7) is 4.05. The van der Waals surface area contributed by atoms with Crippen LogP contribution in [0.4, 0.5) is 5.69 Å². The predicted octanol–water partition coefficient (Wildman–Crippen LogP) is 1.81. The minimum Gasteiger partial charge on any atom is -0.485 e. The zero-order valence-electron chi connectivity index (χ0n) is 17.4. The van der Waals surface area contributed by atoms with Crippen LogP contribution in [0.25, 0.3) is 0 Å². The fraction of sp³-hybridized carbons (Fsp3) is 0.348. The van der Waals surface area contributed by atoms with Crippen molar-refractivity contribution in [2.45, 2.75) is 13.0 Å². The van der Waals surface area contributed by atoms with E-state index in [9.17, 15) is 14.4 Å². The zero-order chi connectivity index (χ0) is 21.8. The van der Waals surface area contributed by atoms with E-state index in [1.54, 1.807) is 35.2 Å². The first-order chi connectivity index (χ1) is 15.0. The minimum atomic E-state index is -0.659. The Hall–Kier alpha value is -3.39. The number of anilines is 1. The molecule has 0 aliphatic carbocycles. The van der Waals surface area contributed by atoms with Gasteiger partial charge in [0, 0.05) is 31.7 Å². The van der Waals surface area contributed by atoms with Crippen LogP contribution in [0.15, 0.2) is 48.5 Å². The summed E-state index contributed by atoms with van der Waals surface area (Å²) in [6, 6.07) is 14.3. The highest BCUT2D eigenvalue weighted by atomic mass is 16.6. The van der Waals surface area contributed by atoms with Gasteiger partial charge in [0.25, 0.3) is 5.91 Å². The number of nitrogens with one attached hydrogen (secondary N) is 1. The number of rotatable bonds is 5. The number of fused-ring (bicyclic) bond motifs is 1. The van der Waals surface area contributed by atoms with Crippen molar-refractivity contribution < 1.29 is 23.9 Å². The third-order valence-corrected chi connectivity index (χ3v) is 5.42. The maximum absolute atomic E-state index is 12.8. The molecule has 1 N–H and O–H groups in total. The number of carbonyl (C=O) groups excluding carboxylic acids is 3. The molecule has 1 atom stereocenters. The molecule has 2 aliphatic heterocycles. The minimum absolute atomic E-state index is 0.0976. The zero-order valence-corrected chi connectivity index (χ0v) is 17.4. The molecule has 0 radical (unpaired) electrons. The molecule has 2 aliphatic rings. The van der Waals surface area contributed by atoms with Crippen LogP contribution in [-0.2, 0) is 9.59 Å². The number of nitrogens with zero attached hydrogens (tertiary/aromatic N) is 2. The van der Waals surface area contributed by atoms with Gasteiger partial charge in [-0.05, 0) is 31.2 Å². The molecule has 1 saturated heterocycles. The Labute approximate surface area is 180 Å². The third-order valence-electron chi connectivity index (χ3n) is 5.42. The molecular weight excluding hydrogens is 398 g/mol. The average molecular weight is 423 g/mol. The Morgan fingerprint density at radius 1 is 0.968 bits per heavy atom. The van der Waals surface area contributed by atoms with Gasteiger partial charge >= 0.3 is 0 Å². The molecule has 2 aromatic rings. The number of carbonyl (C=O) groups is 3. The number of piperazine rings is 1. The second kappa shape index (κ2) is 9.18. The van der Waals surface area contributed by atoms with E-state index < -0.39 is 6.10 Å². The van der Waals surface area contributed by atoms with Crippen molar-refractivity contribution in [2.75, 3.05) is 44.6 Å². The molecule has 2 aromatic carbocycles. The summed E-state index contributed by atoms with van der Waals surface area (Å²) in [5, 5.41) is 2.82. The first-order valence-corrected chi connectivity index (χ1v) is 10.3. The van der Waals surface area contributed by atoms with Crippen LogP contribution >= 0.6 is 0 Å². The van der Waals surface area contributed by atoms with Gasteiger partial charge in [0.1, 0.15) is 6.61 Å². The van der Waals surface area contributed by atoms with Gasteiger partial charge in [0.2, 0.25) is 12.0 Å². The summed E-state index contributed by atoms with van der Waals surface area (Å²) in [5.41, 5.74) is 1.01. The first-order valence-electron chi connectivity index (χ1n) is 10.3. The molecule has 1 unspecified atom stereocenters. The van der Waals surface area contributed by atoms with E-state index in [2.05, 4.69) is 5.32 Å². The Morgan fingerprint density at radius 3 is 2.39 bits per heavy atom. The smallest absolute Gasteiger partial charge is 0.267 e. The maximum Gasteiger partial charge on any atom is 0.267 e. The van der Waals surface area contributed by atoms with E-state index >= 15 is 0 Å². The van der Waals surface area contributed by atoms with E-state index in [0.717, 1.165) is 0 Å². The molecule has 1 fully saturated rings. The highest BCUT2D eigenvalue weighted by Crippen LogP contribution is 2.31. The van der Waals surface area contributed by atoms with E-state index in [0.29, 0.717) is 48.9 Å². The van der Waals surface area contributed by atoms with Crippen LogP contribution in [0.2, 0.25) is 0 Å². The molecule has 0 spiro atoms. The van der Waals surface area contributed by atoms with Crippen LogP contribution in [0.1, 0.15) is 17.3 Å². The lowest BCUT2D eigenvalue weighted by atomic mass is 10.1. The number of Topliss-reactive ketones (excluding diaryl/α,β-unsaturated/α-hetero) is 1. The lowest BCUT2D eigenvalue weighted by Gasteiger charge is -2.36. The quantitative estimate of drug-likeness (QED) is 0.738. The van der Waals surface area contributed by atoms with Gasteiger partial charge in [-0.3, -0.25) is 19.3 Å². The van der Waals surface area contributed by atoms with Crippen molar-refractivity contribution in [3.05, 3.63) is 54.1 Å². The molecule has 31 heavy (non-hydrogen) atoms. The summed E-state index contributed by atoms with van der Waals surface area (Å²) in [7, 11) is 0. The SMILES string of the molecule is CC(=O)c1ccccc1NC(=O)CN1CCN(C(=O)C2COc3ccccc3O2)CC1. The molecule has 0 bridgehead atoms. The number of benzene rings is 2. The Morgan fingerprint density at radius 2 is 1.65 bits per heavy atom. The summed E-state index contributed by atoms with van der Waals surface area (Å²) < 4.78 is 11.5. The van der Waals surface area contributed by atoms with Gasteiger partial charge < -0.3 is 19.7 Å². The van der Waals surface area contributed by atoms with Crippen LogP contribution in [-0.4, -0.2) is 72.8 Å². The van der Waals surface area contributed by atoms with E-state index in [4.69, 9.17) is 9.47 Å². The average Bonchev–Trinajstić information content (AvgIpc) is 2.79. The summed E-state index contributed by atoms with van der Waals surface area (Å²) in [5.74, 6) is 0.838. The second-order valence-electron chi connectivity index (χ2n) is 7.62. The molecule has 2 amide bonds. The number of ether oxygens (including phenoxy) is 2. The number of amides is 2. The predicted molar refractivity (Wildman–Crippen MR) is 114 cm³/mol. The van der Waals surface area contributed by atoms with Gasteiger partial charge in [0.15, 0.2) is 17.3 Å². The third kappa shape index (κ3) is 4.86. The largest absolute Gasteiger partial charge is 0.485 e. The number of hydrogen-bond donors (Lipinski definition) is 1. The van der Waals surface area contributed by atoms with E-state index in [1.165, 1.54) is 6.92 Å². The van der Waals surface area contributed by atoms with Crippen molar-refractivity contribution in [3.8, 4) is 11.5 Å². The molecule has 0 aromatic heterocycles. The maximum atomic E-state index is 12.8. The van der Waals surface area contributed by atoms with Gasteiger partial charge in [-0.25, -0.2) is 0 Å². The standard InChI is InChI=1S/C23H25N3O5/c1-16(27)17-6-2-3-7-18(17)24-22(28)14-25-10-12-26(13-11-25)23(29)21-15-30-19-8-4-5-9-20(19)31-21/h2-9,21H,10-15H2,1H3,(H,24,28). The molecule has 162 valence electrons. The van der Waals surface area contributed by atoms with Crippen molar-refractivity contribution in [3.63, 3.8) is 0 Å². The summed E-state index contributed by atoms with van der Waals surface area (Å²) in [6.07, 6.45) is -0.659. The Balaban J connectivity index is 1.27. The fourth-order valence-corrected chi connectivity index (χ4v) is 3.76. The Kier molecular flexibility index (Phi) is 6.18. The number of para-hydroxylation sites is 3. The van der Waals surface area contributed by atoms with Crippen molar-refractivity contribution in [2.24, 2.45) is 0 Å². The molecule has 8 heteroatoms. The number of ketones is 1. The second-order valence-corrected chi connectivity index (χ2v) is 7.62. The van der Waals surface area contributed by atoms with Crippen LogP contribution < -0.4 is 14.8 Å². The highest BCUT2D eigenvalue weighted by molar-refractivity contribution is 6.04. The monoisotopic (exact) mass is 423 g/mol. The van der Waals surface area contributed by atoms with Gasteiger partial charge in [-0.1, -0.05) is 24.3 Å². The molecular formula is C23H25N3O5.